The van der Waals surface area contributed by atoms with Gasteiger partial charge in [0.15, 0.2) is 13.2 Å². The van der Waals surface area contributed by atoms with E-state index in [4.69, 9.17) is 29.9 Å². The van der Waals surface area contributed by atoms with Crippen molar-refractivity contribution in [3.8, 4) is 23.0 Å². The van der Waals surface area contributed by atoms with Crippen molar-refractivity contribution in [2.24, 2.45) is 0 Å². The second-order valence-corrected chi connectivity index (χ2v) is 10.4. The van der Waals surface area contributed by atoms with Gasteiger partial charge in [0.25, 0.3) is 0 Å². The van der Waals surface area contributed by atoms with Crippen LogP contribution >= 0.6 is 0 Å². The van der Waals surface area contributed by atoms with Crippen LogP contribution in [0.15, 0.2) is 36.4 Å². The number of carboxylic acid groups (broad SMARTS) is 2. The largest absolute Gasteiger partial charge is 0.508 e. The van der Waals surface area contributed by atoms with E-state index < -0.39 is 11.9 Å². The number of carboxylic acids is 2. The van der Waals surface area contributed by atoms with Crippen molar-refractivity contribution in [3.05, 3.63) is 47.5 Å². The molecule has 10 heteroatoms. The average Bonchev–Trinajstić information content (AvgIpc) is 2.81. The molecule has 0 aliphatic carbocycles. The lowest BCUT2D eigenvalue weighted by molar-refractivity contribution is -0.140. The van der Waals surface area contributed by atoms with E-state index in [1.807, 2.05) is 41.5 Å². The normalized spacial score (nSPS) is 10.8. The molecule has 0 saturated heterocycles. The number of hydrogen-bond donors (Lipinski definition) is 6. The molecule has 2 rings (SSSR count). The molecule has 0 amide bonds. The summed E-state index contributed by atoms with van der Waals surface area (Å²) in [7, 11) is 0. The lowest BCUT2D eigenvalue weighted by Crippen LogP contribution is -2.13. The zero-order chi connectivity index (χ0) is 29.5. The van der Waals surface area contributed by atoms with E-state index >= 15 is 0 Å². The van der Waals surface area contributed by atoms with Crippen LogP contribution in [0.4, 0.5) is 0 Å². The fraction of sp³-hybridized carbons (Fsp3) is 0.500. The van der Waals surface area contributed by atoms with Crippen LogP contribution < -0.4 is 9.47 Å². The van der Waals surface area contributed by atoms with Gasteiger partial charge in [-0.25, -0.2) is 9.59 Å². The molecule has 0 spiro atoms. The van der Waals surface area contributed by atoms with Gasteiger partial charge in [0.05, 0.1) is 0 Å². The molecule has 0 unspecified atom stereocenters. The first kappa shape index (κ1) is 34.5. The van der Waals surface area contributed by atoms with E-state index in [-0.39, 0.29) is 48.8 Å². The van der Waals surface area contributed by atoms with Gasteiger partial charge < -0.3 is 40.1 Å². The third-order valence-corrected chi connectivity index (χ3v) is 4.84. The van der Waals surface area contributed by atoms with Crippen LogP contribution in [0, 0.1) is 0 Å². The standard InChI is InChI=1S/2C12H16O4.C4H10O2/c2*1-12(2,3)9-6-8(4-5-10(9)13)16-7-11(14)15;5-3-1-2-4-6/h2*4-6,13H,7H2,1-3H3,(H,14,15);5-6H,1-4H2. The topological polar surface area (TPSA) is 174 Å². The average molecular weight is 539 g/mol. The lowest BCUT2D eigenvalue weighted by Gasteiger charge is -2.21. The van der Waals surface area contributed by atoms with Gasteiger partial charge in [0.2, 0.25) is 0 Å². The van der Waals surface area contributed by atoms with Crippen LogP contribution in [0.1, 0.15) is 65.5 Å². The van der Waals surface area contributed by atoms with E-state index in [1.165, 1.54) is 12.1 Å². The molecule has 0 aromatic heterocycles. The number of aromatic hydroxyl groups is 2. The molecule has 0 atom stereocenters. The van der Waals surface area contributed by atoms with Gasteiger partial charge >= 0.3 is 11.9 Å². The molecule has 38 heavy (non-hydrogen) atoms. The fourth-order valence-corrected chi connectivity index (χ4v) is 2.93. The van der Waals surface area contributed by atoms with Gasteiger partial charge in [0.1, 0.15) is 23.0 Å². The second-order valence-electron chi connectivity index (χ2n) is 10.4. The molecule has 2 aromatic rings. The first-order chi connectivity index (χ1) is 17.5. The van der Waals surface area contributed by atoms with Gasteiger partial charge in [-0.05, 0) is 60.1 Å². The molecule has 0 bridgehead atoms. The first-order valence-corrected chi connectivity index (χ1v) is 12.1. The lowest BCUT2D eigenvalue weighted by atomic mass is 9.86. The Balaban J connectivity index is 0.000000596. The van der Waals surface area contributed by atoms with Crippen molar-refractivity contribution in [1.29, 1.82) is 0 Å². The van der Waals surface area contributed by atoms with Crippen molar-refractivity contribution in [2.45, 2.75) is 65.2 Å². The van der Waals surface area contributed by atoms with Gasteiger partial charge in [0, 0.05) is 24.3 Å². The number of rotatable bonds is 9. The Kier molecular flexibility index (Phi) is 14.9. The minimum absolute atomic E-state index is 0.190. The Bertz CT molecular complexity index is 922. The van der Waals surface area contributed by atoms with Crippen LogP contribution in [0.5, 0.6) is 23.0 Å². The van der Waals surface area contributed by atoms with Crippen molar-refractivity contribution >= 4 is 11.9 Å². The molecule has 6 N–H and O–H groups in total. The van der Waals surface area contributed by atoms with E-state index in [9.17, 15) is 19.8 Å². The van der Waals surface area contributed by atoms with Crippen molar-refractivity contribution in [2.75, 3.05) is 26.4 Å². The highest BCUT2D eigenvalue weighted by atomic mass is 16.5. The summed E-state index contributed by atoms with van der Waals surface area (Å²) in [6.07, 6.45) is 1.44. The maximum atomic E-state index is 10.3. The summed E-state index contributed by atoms with van der Waals surface area (Å²) >= 11 is 0. The number of phenols is 2. The number of aliphatic carboxylic acids is 2. The van der Waals surface area contributed by atoms with E-state index in [2.05, 4.69) is 0 Å². The summed E-state index contributed by atoms with van der Waals surface area (Å²) in [4.78, 5) is 20.7. The highest BCUT2D eigenvalue weighted by Gasteiger charge is 2.20. The van der Waals surface area contributed by atoms with Gasteiger partial charge in [-0.3, -0.25) is 0 Å². The summed E-state index contributed by atoms with van der Waals surface area (Å²) in [6.45, 7) is 11.4. The Morgan fingerprint density at radius 1 is 0.658 bits per heavy atom. The van der Waals surface area contributed by atoms with E-state index in [1.54, 1.807) is 24.3 Å². The molecule has 0 heterocycles. The minimum atomic E-state index is -1.02. The molecule has 214 valence electrons. The highest BCUT2D eigenvalue weighted by Crippen LogP contribution is 2.34. The predicted molar refractivity (Wildman–Crippen MR) is 143 cm³/mol. The van der Waals surface area contributed by atoms with Crippen LogP contribution in [-0.2, 0) is 20.4 Å². The third kappa shape index (κ3) is 14.3. The molecule has 0 aliphatic rings. The van der Waals surface area contributed by atoms with Crippen molar-refractivity contribution < 1.29 is 49.7 Å². The fourth-order valence-electron chi connectivity index (χ4n) is 2.93. The van der Waals surface area contributed by atoms with Crippen molar-refractivity contribution in [3.63, 3.8) is 0 Å². The molecule has 10 nitrogen and oxygen atoms in total. The maximum absolute atomic E-state index is 10.3. The summed E-state index contributed by atoms with van der Waals surface area (Å²) in [5.74, 6) is -0.767. The van der Waals surface area contributed by atoms with Crippen LogP contribution in [0.25, 0.3) is 0 Å². The summed E-state index contributed by atoms with van der Waals surface area (Å²) < 4.78 is 10.1. The Labute approximate surface area is 224 Å². The van der Waals surface area contributed by atoms with Crippen molar-refractivity contribution in [1.82, 2.24) is 0 Å². The Morgan fingerprint density at radius 3 is 1.21 bits per heavy atom. The molecule has 0 saturated carbocycles. The quantitative estimate of drug-likeness (QED) is 0.256. The summed E-state index contributed by atoms with van der Waals surface area (Å²) in [5, 5.41) is 52.5. The zero-order valence-corrected chi connectivity index (χ0v) is 23.0. The Hall–Kier alpha value is -3.50. The number of hydrogen-bond acceptors (Lipinski definition) is 8. The molecular weight excluding hydrogens is 496 g/mol. The van der Waals surface area contributed by atoms with Gasteiger partial charge in [-0.2, -0.15) is 0 Å². The van der Waals surface area contributed by atoms with Gasteiger partial charge in [-0.1, -0.05) is 41.5 Å². The first-order valence-electron chi connectivity index (χ1n) is 12.1. The number of aliphatic hydroxyl groups is 2. The van der Waals surface area contributed by atoms with Crippen LogP contribution in [-0.4, -0.2) is 69.0 Å². The number of unbranched alkanes of at least 4 members (excludes halogenated alkanes) is 1. The summed E-state index contributed by atoms with van der Waals surface area (Å²) in [6, 6.07) is 9.45. The number of aliphatic hydroxyl groups excluding tert-OH is 2. The third-order valence-electron chi connectivity index (χ3n) is 4.84. The van der Waals surface area contributed by atoms with Crippen LogP contribution in [0.2, 0.25) is 0 Å². The number of benzene rings is 2. The molecule has 0 radical (unpaired) electrons. The smallest absolute Gasteiger partial charge is 0.341 e. The number of phenolic OH excluding ortho intramolecular Hbond substituents is 2. The van der Waals surface area contributed by atoms with E-state index in [0.717, 1.165) is 24.0 Å². The highest BCUT2D eigenvalue weighted by molar-refractivity contribution is 5.68. The van der Waals surface area contributed by atoms with E-state index in [0.29, 0.717) is 11.5 Å². The molecule has 2 aromatic carbocycles. The molecule has 0 aliphatic heterocycles. The SMILES string of the molecule is CC(C)(C)c1cc(OCC(=O)O)ccc1O.CC(C)(C)c1cc(OCC(=O)O)ccc1O.OCCCCO. The van der Waals surface area contributed by atoms with Crippen LogP contribution in [0.3, 0.4) is 0 Å². The number of ether oxygens (including phenoxy) is 2. The monoisotopic (exact) mass is 538 g/mol. The minimum Gasteiger partial charge on any atom is -0.508 e. The Morgan fingerprint density at radius 2 is 0.974 bits per heavy atom. The number of carbonyl (C=O) groups is 2. The maximum Gasteiger partial charge on any atom is 0.341 e. The van der Waals surface area contributed by atoms with Gasteiger partial charge in [-0.15, -0.1) is 0 Å². The second kappa shape index (κ2) is 16.4. The summed E-state index contributed by atoms with van der Waals surface area (Å²) in [5.41, 5.74) is 1.03. The molecular formula is C28H42O10. The predicted octanol–water partition coefficient (Wildman–Crippen LogP) is 4.06. The molecule has 0 fully saturated rings. The zero-order valence-electron chi connectivity index (χ0n) is 23.0.